The normalized spacial score (nSPS) is 15.9. The summed E-state index contributed by atoms with van der Waals surface area (Å²) in [5.74, 6) is 0.694. The largest absolute Gasteiger partial charge is 0.446 e. The second-order valence-corrected chi connectivity index (χ2v) is 22.5. The van der Waals surface area contributed by atoms with E-state index in [1.54, 1.807) is 0 Å². The van der Waals surface area contributed by atoms with Crippen molar-refractivity contribution >= 4 is 71.1 Å². The van der Waals surface area contributed by atoms with Crippen LogP contribution in [0, 0.1) is 0 Å². The van der Waals surface area contributed by atoms with Crippen molar-refractivity contribution in [3.05, 3.63) is 96.9 Å². The quantitative estimate of drug-likeness (QED) is 0.186. The minimum absolute atomic E-state index is 0.655. The van der Waals surface area contributed by atoms with E-state index in [0.717, 1.165) is 67.2 Å². The molecule has 44 heavy (non-hydrogen) atoms. The van der Waals surface area contributed by atoms with Crippen molar-refractivity contribution in [1.29, 1.82) is 0 Å². The van der Waals surface area contributed by atoms with Gasteiger partial charge in [0.25, 0.3) is 0 Å². The van der Waals surface area contributed by atoms with Gasteiger partial charge in [-0.1, -0.05) is 61.2 Å². The highest BCUT2D eigenvalue weighted by Crippen LogP contribution is 2.30. The second kappa shape index (κ2) is 8.87. The molecule has 10 heteroatoms. The molecule has 3 aliphatic rings. The molecule has 216 valence electrons. The van der Waals surface area contributed by atoms with E-state index >= 15 is 0 Å². The van der Waals surface area contributed by atoms with E-state index in [9.17, 15) is 0 Å². The van der Waals surface area contributed by atoms with Crippen molar-refractivity contribution in [2.75, 3.05) is 0 Å². The van der Waals surface area contributed by atoms with Gasteiger partial charge in [0.05, 0.1) is 19.1 Å². The van der Waals surface area contributed by atoms with Crippen LogP contribution in [0.4, 0.5) is 0 Å². The average molecular weight is 611 g/mol. The van der Waals surface area contributed by atoms with Crippen LogP contribution in [0.25, 0.3) is 55.6 Å². The minimum Gasteiger partial charge on any atom is -0.446 e. The maximum Gasteiger partial charge on any atom is 0.193 e. The molecule has 0 spiro atoms. The van der Waals surface area contributed by atoms with Crippen molar-refractivity contribution in [2.45, 2.75) is 38.3 Å². The number of rotatable bonds is 0. The molecule has 0 atom stereocenters. The number of fused-ring (bicyclic) bond motifs is 2. The highest BCUT2D eigenvalue weighted by atomic mass is 28.3. The third kappa shape index (κ3) is 3.80. The molecule has 0 saturated carbocycles. The lowest BCUT2D eigenvalue weighted by atomic mass is 10.2. The van der Waals surface area contributed by atoms with Crippen LogP contribution in [0.15, 0.2) is 94.3 Å². The molecule has 0 radical (unpaired) electrons. The van der Waals surface area contributed by atoms with Crippen LogP contribution < -0.4 is 10.7 Å². The van der Waals surface area contributed by atoms with Gasteiger partial charge >= 0.3 is 0 Å². The lowest BCUT2D eigenvalue weighted by Gasteiger charge is -2.24. The molecule has 11 rings (SSSR count). The summed E-state index contributed by atoms with van der Waals surface area (Å²) in [4.78, 5) is 19.6. The van der Waals surface area contributed by atoms with Crippen LogP contribution in [-0.2, 0) is 12.1 Å². The zero-order chi connectivity index (χ0) is 29.8. The first-order valence-electron chi connectivity index (χ1n) is 15.0. The number of benzene rings is 4. The van der Waals surface area contributed by atoms with Crippen molar-refractivity contribution in [2.24, 2.45) is 0 Å². The van der Waals surface area contributed by atoms with Crippen molar-refractivity contribution in [3.63, 3.8) is 0 Å². The minimum atomic E-state index is -2.26. The summed E-state index contributed by atoms with van der Waals surface area (Å²) in [6.45, 7) is 9.39. The predicted octanol–water partition coefficient (Wildman–Crippen LogP) is 6.35. The molecule has 0 aliphatic carbocycles. The van der Waals surface area contributed by atoms with Crippen LogP contribution in [0.1, 0.15) is 11.5 Å². The molecular formula is C34H30N6O2Si2. The molecule has 8 aromatic rings. The van der Waals surface area contributed by atoms with Crippen LogP contribution in [0.3, 0.4) is 0 Å². The van der Waals surface area contributed by atoms with Crippen molar-refractivity contribution in [1.82, 2.24) is 29.1 Å². The zero-order valence-corrected chi connectivity index (χ0v) is 27.0. The predicted molar refractivity (Wildman–Crippen MR) is 179 cm³/mol. The van der Waals surface area contributed by atoms with Gasteiger partial charge in [0.1, 0.15) is 34.7 Å². The number of aromatic nitrogens is 6. The van der Waals surface area contributed by atoms with Crippen LogP contribution in [0.5, 0.6) is 0 Å². The molecule has 4 aromatic heterocycles. The van der Waals surface area contributed by atoms with Crippen molar-refractivity contribution < 1.29 is 8.83 Å². The smallest absolute Gasteiger partial charge is 0.193 e. The van der Waals surface area contributed by atoms with Gasteiger partial charge in [-0.15, -0.1) is 0 Å². The Kier molecular flexibility index (Phi) is 5.17. The Balaban J connectivity index is 1.28. The molecule has 4 aromatic carbocycles. The molecule has 0 unspecified atom stereocenters. The summed E-state index contributed by atoms with van der Waals surface area (Å²) in [6, 6.07) is 27.6. The number of nitrogens with zero attached hydrogens (tertiary/aromatic N) is 6. The Morgan fingerprint density at radius 2 is 1.16 bits per heavy atom. The third-order valence-electron chi connectivity index (χ3n) is 9.14. The molecule has 0 fully saturated rings. The van der Waals surface area contributed by atoms with E-state index < -0.39 is 16.1 Å². The topological polar surface area (TPSA) is 87.7 Å². The van der Waals surface area contributed by atoms with Gasteiger partial charge in [-0.3, -0.25) is 9.13 Å². The van der Waals surface area contributed by atoms with Crippen LogP contribution >= 0.6 is 0 Å². The summed E-state index contributed by atoms with van der Waals surface area (Å²) in [7, 11) is -4.04. The average Bonchev–Trinajstić information content (AvgIpc) is 3.80. The Hall–Kier alpha value is -4.81. The fourth-order valence-electron chi connectivity index (χ4n) is 6.69. The summed E-state index contributed by atoms with van der Waals surface area (Å²) >= 11 is 0. The SMILES string of the molecule is C[Si]1(C)Cc2ccc(cc2)-n2cnc3ccc4oc(nc4c32)C[Si](C)(C)c2nc3c(ccc4ncn(c43)-c3ccc1cc3)o2. The molecule has 3 aliphatic heterocycles. The van der Waals surface area contributed by atoms with Crippen LogP contribution in [0.2, 0.25) is 26.2 Å². The van der Waals surface area contributed by atoms with Gasteiger partial charge in [0.15, 0.2) is 30.6 Å². The maximum absolute atomic E-state index is 6.49. The van der Waals surface area contributed by atoms with Gasteiger partial charge in [0.2, 0.25) is 0 Å². The molecule has 0 amide bonds. The highest BCUT2D eigenvalue weighted by molar-refractivity contribution is 6.89. The molecule has 7 heterocycles. The summed E-state index contributed by atoms with van der Waals surface area (Å²) in [6.07, 6.45) is 3.77. The molecule has 8 bridgehead atoms. The maximum atomic E-state index is 6.49. The fourth-order valence-corrected chi connectivity index (χ4v) is 11.1. The van der Waals surface area contributed by atoms with E-state index in [2.05, 4.69) is 83.9 Å². The number of imidazole rings is 2. The standard InChI is InChI=1S/C34H30N6O2Si2/c1-43(2)17-21-5-7-22(8-6-21)39-19-35-25-13-15-27-30(32(25)39)37-29(41-27)18-44(3,4)34-38-31-28(42-34)16-14-26-33(31)40(20-36-26)23-9-11-24(43)12-10-23/h5-16,19-20H,17-18H2,1-4H3. The van der Waals surface area contributed by atoms with E-state index in [1.165, 1.54) is 10.8 Å². The molecular weight excluding hydrogens is 581 g/mol. The zero-order valence-electron chi connectivity index (χ0n) is 25.0. The fraction of sp³-hybridized carbons (Fsp3) is 0.176. The van der Waals surface area contributed by atoms with Crippen LogP contribution in [-0.4, -0.2) is 45.2 Å². The van der Waals surface area contributed by atoms with Gasteiger partial charge in [-0.25, -0.2) is 19.9 Å². The number of hydrogen-bond acceptors (Lipinski definition) is 6. The van der Waals surface area contributed by atoms with Gasteiger partial charge in [-0.2, -0.15) is 0 Å². The summed E-state index contributed by atoms with van der Waals surface area (Å²) in [5, 5.41) is 1.42. The Morgan fingerprint density at radius 3 is 1.80 bits per heavy atom. The second-order valence-electron chi connectivity index (χ2n) is 13.3. The molecule has 0 saturated heterocycles. The first kappa shape index (κ1) is 25.7. The van der Waals surface area contributed by atoms with E-state index in [4.69, 9.17) is 28.8 Å². The lowest BCUT2D eigenvalue weighted by molar-refractivity contribution is 0.550. The monoisotopic (exact) mass is 610 g/mol. The number of hydrogen-bond donors (Lipinski definition) is 0. The van der Waals surface area contributed by atoms with Gasteiger partial charge in [0, 0.05) is 17.4 Å². The Labute approximate surface area is 255 Å². The van der Waals surface area contributed by atoms with E-state index in [1.807, 2.05) is 36.9 Å². The van der Waals surface area contributed by atoms with Gasteiger partial charge < -0.3 is 8.83 Å². The summed E-state index contributed by atoms with van der Waals surface area (Å²) < 4.78 is 17.1. The third-order valence-corrected chi connectivity index (χ3v) is 14.9. The summed E-state index contributed by atoms with van der Waals surface area (Å²) in [5.41, 5.74) is 11.1. The highest BCUT2D eigenvalue weighted by Gasteiger charge is 2.34. The first-order valence-corrected chi connectivity index (χ1v) is 21.4. The molecule has 8 nitrogen and oxygen atoms in total. The number of oxazole rings is 2. The van der Waals surface area contributed by atoms with E-state index in [-0.39, 0.29) is 0 Å². The Morgan fingerprint density at radius 1 is 0.591 bits per heavy atom. The lowest BCUT2D eigenvalue weighted by Crippen LogP contribution is -2.45. The van der Waals surface area contributed by atoms with Crippen molar-refractivity contribution in [3.8, 4) is 11.4 Å². The van der Waals surface area contributed by atoms with E-state index in [0.29, 0.717) is 11.9 Å². The van der Waals surface area contributed by atoms with Gasteiger partial charge in [-0.05, 0) is 54.6 Å². The first-order chi connectivity index (χ1) is 21.2. The molecule has 0 N–H and O–H groups in total. The Bertz CT molecular complexity index is 2390.